The topological polar surface area (TPSA) is 35.2 Å². The van der Waals surface area contributed by atoms with Gasteiger partial charge in [-0.25, -0.2) is 0 Å². The molecule has 0 fully saturated rings. The maximum Gasteiger partial charge on any atom is 0.124 e. The SMILES string of the molecule is Cc1ccc(OCc2csc3ccccc23)c(C(C)N)c1. The lowest BCUT2D eigenvalue weighted by Crippen LogP contribution is -2.08. The quantitative estimate of drug-likeness (QED) is 0.750. The molecule has 2 aromatic carbocycles. The Morgan fingerprint density at radius 3 is 2.81 bits per heavy atom. The highest BCUT2D eigenvalue weighted by Gasteiger charge is 2.10. The summed E-state index contributed by atoms with van der Waals surface area (Å²) in [4.78, 5) is 0. The molecule has 2 N–H and O–H groups in total. The Hall–Kier alpha value is -1.84. The third kappa shape index (κ3) is 2.94. The Kier molecular flexibility index (Phi) is 3.95. The number of ether oxygens (including phenoxy) is 1. The number of benzene rings is 2. The zero-order valence-corrected chi connectivity index (χ0v) is 13.1. The fourth-order valence-electron chi connectivity index (χ4n) is 2.46. The van der Waals surface area contributed by atoms with Crippen molar-refractivity contribution in [3.63, 3.8) is 0 Å². The third-order valence-electron chi connectivity index (χ3n) is 3.60. The summed E-state index contributed by atoms with van der Waals surface area (Å²) >= 11 is 1.76. The highest BCUT2D eigenvalue weighted by Crippen LogP contribution is 2.29. The minimum absolute atomic E-state index is 0.0286. The minimum Gasteiger partial charge on any atom is -0.489 e. The smallest absolute Gasteiger partial charge is 0.124 e. The van der Waals surface area contributed by atoms with Gasteiger partial charge in [-0.2, -0.15) is 0 Å². The molecule has 108 valence electrons. The average Bonchev–Trinajstić information content (AvgIpc) is 2.89. The molecular formula is C18H19NOS. The van der Waals surface area contributed by atoms with Gasteiger partial charge in [-0.05, 0) is 36.7 Å². The number of nitrogens with two attached hydrogens (primary N) is 1. The van der Waals surface area contributed by atoms with Crippen molar-refractivity contribution in [2.24, 2.45) is 5.73 Å². The lowest BCUT2D eigenvalue weighted by Gasteiger charge is -2.14. The predicted molar refractivity (Wildman–Crippen MR) is 89.9 cm³/mol. The van der Waals surface area contributed by atoms with Gasteiger partial charge in [-0.1, -0.05) is 35.9 Å². The van der Waals surface area contributed by atoms with Crippen molar-refractivity contribution in [3.8, 4) is 5.75 Å². The van der Waals surface area contributed by atoms with Crippen molar-refractivity contribution in [2.45, 2.75) is 26.5 Å². The van der Waals surface area contributed by atoms with Crippen LogP contribution < -0.4 is 10.5 Å². The molecule has 1 unspecified atom stereocenters. The molecule has 3 aromatic rings. The van der Waals surface area contributed by atoms with Crippen LogP contribution >= 0.6 is 11.3 Å². The molecule has 1 atom stereocenters. The summed E-state index contributed by atoms with van der Waals surface area (Å²) in [5.74, 6) is 0.880. The summed E-state index contributed by atoms with van der Waals surface area (Å²) < 4.78 is 7.33. The molecular weight excluding hydrogens is 278 g/mol. The van der Waals surface area contributed by atoms with Gasteiger partial charge in [0.15, 0.2) is 0 Å². The van der Waals surface area contributed by atoms with Gasteiger partial charge in [0.25, 0.3) is 0 Å². The van der Waals surface area contributed by atoms with Crippen molar-refractivity contribution in [1.29, 1.82) is 0 Å². The first-order valence-corrected chi connectivity index (χ1v) is 7.97. The van der Waals surface area contributed by atoms with E-state index in [4.69, 9.17) is 10.5 Å². The molecule has 0 aliphatic heterocycles. The Balaban J connectivity index is 1.85. The van der Waals surface area contributed by atoms with Crippen LogP contribution in [0.25, 0.3) is 10.1 Å². The molecule has 1 heterocycles. The summed E-state index contributed by atoms with van der Waals surface area (Å²) in [6.07, 6.45) is 0. The fourth-order valence-corrected chi connectivity index (χ4v) is 3.40. The molecule has 3 heteroatoms. The maximum absolute atomic E-state index is 6.04. The number of aryl methyl sites for hydroxylation is 1. The molecule has 1 aromatic heterocycles. The maximum atomic E-state index is 6.04. The first kappa shape index (κ1) is 14.1. The summed E-state index contributed by atoms with van der Waals surface area (Å²) in [7, 11) is 0. The van der Waals surface area contributed by atoms with Crippen molar-refractivity contribution >= 4 is 21.4 Å². The van der Waals surface area contributed by atoms with Gasteiger partial charge >= 0.3 is 0 Å². The second-order valence-electron chi connectivity index (χ2n) is 5.38. The van der Waals surface area contributed by atoms with E-state index < -0.39 is 0 Å². The van der Waals surface area contributed by atoms with Gasteiger partial charge in [-0.3, -0.25) is 0 Å². The lowest BCUT2D eigenvalue weighted by atomic mass is 10.1. The largest absolute Gasteiger partial charge is 0.489 e. The van der Waals surface area contributed by atoms with Crippen LogP contribution in [0.15, 0.2) is 47.8 Å². The minimum atomic E-state index is -0.0286. The van der Waals surface area contributed by atoms with E-state index in [2.05, 4.69) is 48.7 Å². The molecule has 0 aliphatic carbocycles. The van der Waals surface area contributed by atoms with E-state index in [0.29, 0.717) is 6.61 Å². The Bertz CT molecular complexity index is 761. The van der Waals surface area contributed by atoms with Crippen LogP contribution in [-0.4, -0.2) is 0 Å². The van der Waals surface area contributed by atoms with Crippen LogP contribution in [0.4, 0.5) is 0 Å². The molecule has 2 nitrogen and oxygen atoms in total. The van der Waals surface area contributed by atoms with Crippen molar-refractivity contribution in [2.75, 3.05) is 0 Å². The highest BCUT2D eigenvalue weighted by molar-refractivity contribution is 7.17. The summed E-state index contributed by atoms with van der Waals surface area (Å²) in [5, 5.41) is 3.45. The number of fused-ring (bicyclic) bond motifs is 1. The normalized spacial score (nSPS) is 12.5. The molecule has 21 heavy (non-hydrogen) atoms. The van der Waals surface area contributed by atoms with Crippen molar-refractivity contribution < 1.29 is 4.74 Å². The van der Waals surface area contributed by atoms with Gasteiger partial charge in [0.2, 0.25) is 0 Å². The van der Waals surface area contributed by atoms with E-state index in [1.807, 2.05) is 13.0 Å². The number of hydrogen-bond donors (Lipinski definition) is 1. The molecule has 0 bridgehead atoms. The standard InChI is InChI=1S/C18H19NOS/c1-12-7-8-17(16(9-12)13(2)19)20-10-14-11-21-18-6-4-3-5-15(14)18/h3-9,11,13H,10,19H2,1-2H3. The molecule has 0 saturated heterocycles. The molecule has 0 radical (unpaired) electrons. The van der Waals surface area contributed by atoms with Gasteiger partial charge in [0.05, 0.1) is 0 Å². The number of rotatable bonds is 4. The molecule has 0 saturated carbocycles. The van der Waals surface area contributed by atoms with Crippen LogP contribution in [0.2, 0.25) is 0 Å². The zero-order valence-electron chi connectivity index (χ0n) is 12.3. The van der Waals surface area contributed by atoms with Crippen molar-refractivity contribution in [3.05, 3.63) is 64.5 Å². The summed E-state index contributed by atoms with van der Waals surface area (Å²) in [6, 6.07) is 14.6. The van der Waals surface area contributed by atoms with E-state index >= 15 is 0 Å². The first-order valence-electron chi connectivity index (χ1n) is 7.09. The van der Waals surface area contributed by atoms with Gasteiger partial charge < -0.3 is 10.5 Å². The average molecular weight is 297 g/mol. The van der Waals surface area contributed by atoms with Crippen LogP contribution in [-0.2, 0) is 6.61 Å². The van der Waals surface area contributed by atoms with E-state index in [0.717, 1.165) is 11.3 Å². The summed E-state index contributed by atoms with van der Waals surface area (Å²) in [5.41, 5.74) is 9.54. The van der Waals surface area contributed by atoms with E-state index in [1.165, 1.54) is 21.2 Å². The van der Waals surface area contributed by atoms with Gasteiger partial charge in [-0.15, -0.1) is 11.3 Å². The third-order valence-corrected chi connectivity index (χ3v) is 4.61. The molecule has 3 rings (SSSR count). The first-order chi connectivity index (χ1) is 10.1. The zero-order chi connectivity index (χ0) is 14.8. The predicted octanol–water partition coefficient (Wildman–Crippen LogP) is 4.81. The Morgan fingerprint density at radius 1 is 1.19 bits per heavy atom. The van der Waals surface area contributed by atoms with E-state index in [1.54, 1.807) is 11.3 Å². The van der Waals surface area contributed by atoms with Crippen LogP contribution in [0.5, 0.6) is 5.75 Å². The van der Waals surface area contributed by atoms with Crippen LogP contribution in [0.3, 0.4) is 0 Å². The van der Waals surface area contributed by atoms with Gasteiger partial charge in [0.1, 0.15) is 12.4 Å². The number of thiophene rings is 1. The second-order valence-corrected chi connectivity index (χ2v) is 6.29. The van der Waals surface area contributed by atoms with Crippen LogP contribution in [0, 0.1) is 6.92 Å². The number of hydrogen-bond acceptors (Lipinski definition) is 3. The monoisotopic (exact) mass is 297 g/mol. The summed E-state index contributed by atoms with van der Waals surface area (Å²) in [6.45, 7) is 4.64. The van der Waals surface area contributed by atoms with Crippen molar-refractivity contribution in [1.82, 2.24) is 0 Å². The molecule has 0 aliphatic rings. The Morgan fingerprint density at radius 2 is 2.00 bits per heavy atom. The molecule has 0 amide bonds. The van der Waals surface area contributed by atoms with Gasteiger partial charge in [0, 0.05) is 21.9 Å². The Labute approximate surface area is 129 Å². The van der Waals surface area contributed by atoms with E-state index in [-0.39, 0.29) is 6.04 Å². The van der Waals surface area contributed by atoms with E-state index in [9.17, 15) is 0 Å². The molecule has 0 spiro atoms. The fraction of sp³-hybridized carbons (Fsp3) is 0.222. The second kappa shape index (κ2) is 5.88. The lowest BCUT2D eigenvalue weighted by molar-refractivity contribution is 0.303. The highest BCUT2D eigenvalue weighted by atomic mass is 32.1. The van der Waals surface area contributed by atoms with Crippen LogP contribution in [0.1, 0.15) is 29.7 Å².